The third kappa shape index (κ3) is 4.34. The fourth-order valence-corrected chi connectivity index (χ4v) is 8.30. The predicted molar refractivity (Wildman–Crippen MR) is 190 cm³/mol. The molecule has 0 atom stereocenters. The molecular formula is C39H30Al2N2. The van der Waals surface area contributed by atoms with Gasteiger partial charge in [-0.2, -0.15) is 0 Å². The van der Waals surface area contributed by atoms with Crippen molar-refractivity contribution in [3.8, 4) is 33.4 Å². The minimum atomic E-state index is -0.128. The van der Waals surface area contributed by atoms with Crippen molar-refractivity contribution < 1.29 is 0 Å². The Bertz CT molecular complexity index is 2370. The summed E-state index contributed by atoms with van der Waals surface area (Å²) in [5.41, 5.74) is 15.3. The zero-order valence-corrected chi connectivity index (χ0v) is 27.9. The van der Waals surface area contributed by atoms with Crippen molar-refractivity contribution in [2.45, 2.75) is 13.8 Å². The van der Waals surface area contributed by atoms with Gasteiger partial charge in [0.05, 0.1) is 0 Å². The van der Waals surface area contributed by atoms with Gasteiger partial charge in [0, 0.05) is 0 Å². The number of fused-ring (bicyclic) bond motifs is 6. The van der Waals surface area contributed by atoms with E-state index in [1.807, 2.05) is 0 Å². The molecule has 43 heavy (non-hydrogen) atoms. The second-order valence-corrected chi connectivity index (χ2v) is 13.5. The molecule has 0 fully saturated rings. The SMILES string of the molecule is [CH2]=[Al][n]1c2ccc(-c3ccc(C)cc3)cc2c2cc(-c3ccc4c(c3)c3cc(-c5ccc(C)cc5)ccc3[n]4[AlH2])ccc21. The van der Waals surface area contributed by atoms with Crippen LogP contribution in [0.2, 0.25) is 0 Å². The summed E-state index contributed by atoms with van der Waals surface area (Å²) in [6.45, 7) is 4.28. The van der Waals surface area contributed by atoms with Gasteiger partial charge in [-0.15, -0.1) is 0 Å². The summed E-state index contributed by atoms with van der Waals surface area (Å²) >= 11 is 0.810. The van der Waals surface area contributed by atoms with Gasteiger partial charge in [-0.25, -0.2) is 0 Å². The molecule has 0 radical (unpaired) electrons. The van der Waals surface area contributed by atoms with Crippen LogP contribution in [-0.2, 0) is 0 Å². The van der Waals surface area contributed by atoms with E-state index >= 15 is 0 Å². The summed E-state index contributed by atoms with van der Waals surface area (Å²) in [4.78, 5) is 0. The van der Waals surface area contributed by atoms with E-state index in [1.165, 1.54) is 88.1 Å². The van der Waals surface area contributed by atoms with E-state index in [0.29, 0.717) is 0 Å². The van der Waals surface area contributed by atoms with Gasteiger partial charge in [0.1, 0.15) is 0 Å². The number of benzene rings is 6. The predicted octanol–water partition coefficient (Wildman–Crippen LogP) is 8.82. The molecule has 0 amide bonds. The molecule has 0 bridgehead atoms. The first-order chi connectivity index (χ1) is 21.0. The molecule has 0 aliphatic carbocycles. The van der Waals surface area contributed by atoms with Crippen LogP contribution in [-0.4, -0.2) is 44.0 Å². The van der Waals surface area contributed by atoms with Crippen LogP contribution in [0.3, 0.4) is 0 Å². The topological polar surface area (TPSA) is 9.86 Å². The molecule has 6 aromatic carbocycles. The van der Waals surface area contributed by atoms with Crippen LogP contribution in [0.25, 0.3) is 77.0 Å². The first kappa shape index (κ1) is 26.5. The van der Waals surface area contributed by atoms with Gasteiger partial charge in [0.25, 0.3) is 0 Å². The van der Waals surface area contributed by atoms with Crippen LogP contribution in [0, 0.1) is 13.8 Å². The Labute approximate surface area is 265 Å². The number of rotatable bonds is 4. The normalized spacial score (nSPS) is 11.6. The molecule has 8 aromatic rings. The third-order valence-electron chi connectivity index (χ3n) is 9.09. The Balaban J connectivity index is 1.30. The molecular weight excluding hydrogens is 550 g/mol. The van der Waals surface area contributed by atoms with Crippen molar-refractivity contribution in [1.29, 1.82) is 0 Å². The number of hydrogen-bond donors (Lipinski definition) is 0. The van der Waals surface area contributed by atoms with Crippen LogP contribution in [0.1, 0.15) is 11.1 Å². The molecule has 0 unspecified atom stereocenters. The van der Waals surface area contributed by atoms with E-state index in [9.17, 15) is 0 Å². The van der Waals surface area contributed by atoms with E-state index in [4.69, 9.17) is 0 Å². The second-order valence-electron chi connectivity index (χ2n) is 11.8. The fourth-order valence-electron chi connectivity index (χ4n) is 6.68. The zero-order valence-electron chi connectivity index (χ0n) is 24.7. The van der Waals surface area contributed by atoms with E-state index in [0.717, 1.165) is 16.5 Å². The monoisotopic (exact) mass is 580 g/mol. The van der Waals surface area contributed by atoms with Crippen molar-refractivity contribution in [2.75, 3.05) is 0 Å². The molecule has 2 nitrogen and oxygen atoms in total. The Hall–Kier alpha value is -4.15. The quantitative estimate of drug-likeness (QED) is 0.184. The number of nitrogens with zero attached hydrogens (tertiary/aromatic N) is 2. The Morgan fingerprint density at radius 3 is 1.12 bits per heavy atom. The molecule has 2 aromatic heterocycles. The van der Waals surface area contributed by atoms with E-state index in [2.05, 4.69) is 148 Å². The van der Waals surface area contributed by atoms with Crippen LogP contribution >= 0.6 is 0 Å². The van der Waals surface area contributed by atoms with E-state index in [-0.39, 0.29) is 15.0 Å². The standard InChI is InChI=1S/C38H26N2.CH2.2Al.2H/c1-23-3-7-25(8-4-23)27-11-15-35-31(19-27)33-21-29(13-17-37(33)39-35)30-14-18-38-34(22-30)32-20-28(12-16-36(32)40-38)26-9-5-24(2)6-10-26;;;;;/h3-22H,1-2H3;1H2;;;;/q-2;;2*+1;;. The molecule has 0 aliphatic rings. The molecule has 202 valence electrons. The summed E-state index contributed by atoms with van der Waals surface area (Å²) in [5, 5.41) is 9.59. The van der Waals surface area contributed by atoms with Crippen LogP contribution in [0.5, 0.6) is 0 Å². The second kappa shape index (κ2) is 10.2. The fraction of sp³-hybridized carbons (Fsp3) is 0.0513. The third-order valence-corrected chi connectivity index (χ3v) is 11.0. The van der Waals surface area contributed by atoms with Crippen LogP contribution < -0.4 is 0 Å². The van der Waals surface area contributed by atoms with E-state index < -0.39 is 0 Å². The average Bonchev–Trinajstić information content (AvgIpc) is 3.51. The maximum absolute atomic E-state index is 4.35. The van der Waals surface area contributed by atoms with Crippen molar-refractivity contribution in [1.82, 2.24) is 7.10 Å². The zero-order chi connectivity index (χ0) is 29.2. The maximum atomic E-state index is 4.35. The Morgan fingerprint density at radius 1 is 0.442 bits per heavy atom. The van der Waals surface area contributed by atoms with Gasteiger partial charge >= 0.3 is 231 Å². The van der Waals surface area contributed by atoms with Gasteiger partial charge in [-0.05, 0) is 6.92 Å². The van der Waals surface area contributed by atoms with Crippen LogP contribution in [0.4, 0.5) is 0 Å². The number of hydrogen-bond acceptors (Lipinski definition) is 0. The summed E-state index contributed by atoms with van der Waals surface area (Å²) in [6.07, 6.45) is 0. The first-order valence-electron chi connectivity index (χ1n) is 14.9. The molecule has 0 saturated carbocycles. The minimum absolute atomic E-state index is 0.128. The van der Waals surface area contributed by atoms with Crippen molar-refractivity contribution in [3.63, 3.8) is 0 Å². The summed E-state index contributed by atoms with van der Waals surface area (Å²) in [6, 6.07) is 45.5. The molecule has 0 saturated heterocycles. The van der Waals surface area contributed by atoms with Crippen molar-refractivity contribution >= 4 is 80.5 Å². The van der Waals surface area contributed by atoms with Gasteiger partial charge in [0.2, 0.25) is 0 Å². The Morgan fingerprint density at radius 2 is 0.744 bits per heavy atom. The first-order valence-corrected chi connectivity index (χ1v) is 17.1. The average molecular weight is 581 g/mol. The molecule has 8 rings (SSSR count). The van der Waals surface area contributed by atoms with Gasteiger partial charge in [0.15, 0.2) is 0 Å². The molecule has 2 heterocycles. The summed E-state index contributed by atoms with van der Waals surface area (Å²) < 4.78 is 4.87. The van der Waals surface area contributed by atoms with Crippen molar-refractivity contribution in [3.05, 3.63) is 132 Å². The number of aryl methyl sites for hydroxylation is 2. The summed E-state index contributed by atoms with van der Waals surface area (Å²) in [7, 11) is 0. The number of aromatic nitrogens is 2. The van der Waals surface area contributed by atoms with Gasteiger partial charge < -0.3 is 0 Å². The molecule has 0 aliphatic heterocycles. The molecule has 4 heteroatoms. The molecule has 0 N–H and O–H groups in total. The van der Waals surface area contributed by atoms with Gasteiger partial charge in [-0.3, -0.25) is 0 Å². The summed E-state index contributed by atoms with van der Waals surface area (Å²) in [5.74, 6) is 0. The Kier molecular flexibility index (Phi) is 6.31. The molecule has 0 spiro atoms. The van der Waals surface area contributed by atoms with Crippen molar-refractivity contribution in [2.24, 2.45) is 0 Å². The van der Waals surface area contributed by atoms with Crippen LogP contribution in [0.15, 0.2) is 121 Å². The van der Waals surface area contributed by atoms with E-state index in [1.54, 1.807) is 0 Å². The van der Waals surface area contributed by atoms with Gasteiger partial charge in [-0.1, -0.05) is 29.8 Å².